The van der Waals surface area contributed by atoms with Gasteiger partial charge in [0.05, 0.1) is 5.69 Å². The number of thioether (sulfide) groups is 1. The molecule has 0 fully saturated rings. The van der Waals surface area contributed by atoms with E-state index >= 15 is 0 Å². The van der Waals surface area contributed by atoms with Gasteiger partial charge in [-0.05, 0) is 36.8 Å². The molecular weight excluding hydrogens is 444 g/mol. The third-order valence-corrected chi connectivity index (χ3v) is 6.33. The molecule has 0 aliphatic carbocycles. The monoisotopic (exact) mass is 464 g/mol. The molecule has 29 heavy (non-hydrogen) atoms. The van der Waals surface area contributed by atoms with Gasteiger partial charge in [-0.3, -0.25) is 4.79 Å². The molecule has 0 saturated carbocycles. The van der Waals surface area contributed by atoms with Gasteiger partial charge in [0.15, 0.2) is 0 Å². The van der Waals surface area contributed by atoms with Gasteiger partial charge < -0.3 is 10.3 Å². The molecule has 4 aromatic rings. The average molecular weight is 465 g/mol. The normalized spacial score (nSPS) is 11.0. The van der Waals surface area contributed by atoms with Crippen LogP contribution in [-0.4, -0.2) is 23.2 Å². The van der Waals surface area contributed by atoms with Crippen LogP contribution in [-0.2, 0) is 0 Å². The van der Waals surface area contributed by atoms with Gasteiger partial charge in [0.1, 0.15) is 0 Å². The van der Waals surface area contributed by atoms with E-state index < -0.39 is 0 Å². The van der Waals surface area contributed by atoms with E-state index in [0.717, 1.165) is 21.4 Å². The third kappa shape index (κ3) is 4.57. The quantitative estimate of drug-likeness (QED) is 0.255. The Morgan fingerprint density at radius 1 is 1.03 bits per heavy atom. The lowest BCUT2D eigenvalue weighted by Gasteiger charge is -2.08. The molecule has 0 spiro atoms. The Bertz CT molecular complexity index is 1150. The zero-order valence-corrected chi connectivity index (χ0v) is 18.4. The number of hydrogen-bond acceptors (Lipinski definition) is 2. The Labute approximate surface area is 183 Å². The van der Waals surface area contributed by atoms with E-state index in [1.807, 2.05) is 30.3 Å². The van der Waals surface area contributed by atoms with Gasteiger partial charge >= 0.3 is 0 Å². The summed E-state index contributed by atoms with van der Waals surface area (Å²) in [4.78, 5) is 17.1. The highest BCUT2D eigenvalue weighted by molar-refractivity contribution is 9.10. The topological polar surface area (TPSA) is 44.9 Å². The Balaban J connectivity index is 1.49. The van der Waals surface area contributed by atoms with E-state index in [9.17, 15) is 4.79 Å². The van der Waals surface area contributed by atoms with E-state index in [0.29, 0.717) is 12.1 Å². The molecule has 0 atom stereocenters. The highest BCUT2D eigenvalue weighted by Crippen LogP contribution is 2.37. The lowest BCUT2D eigenvalue weighted by Crippen LogP contribution is -2.25. The molecule has 5 heteroatoms. The Kier molecular flexibility index (Phi) is 6.07. The van der Waals surface area contributed by atoms with E-state index in [1.165, 1.54) is 21.4 Å². The number of rotatable bonds is 6. The van der Waals surface area contributed by atoms with Crippen LogP contribution in [0.2, 0.25) is 0 Å². The second-order valence-corrected chi connectivity index (χ2v) is 8.88. The first-order valence-corrected chi connectivity index (χ1v) is 11.2. The SMILES string of the molecule is Cc1ccc(-c2[nH]c3ccccc3c2SCCNC(=O)c2cccc(Br)c2)cc1. The van der Waals surface area contributed by atoms with Crippen molar-refractivity contribution in [3.8, 4) is 11.3 Å². The molecule has 3 nitrogen and oxygen atoms in total. The fourth-order valence-electron chi connectivity index (χ4n) is 3.24. The number of halogens is 1. The van der Waals surface area contributed by atoms with E-state index in [-0.39, 0.29) is 5.91 Å². The van der Waals surface area contributed by atoms with Crippen LogP contribution in [0, 0.1) is 6.92 Å². The van der Waals surface area contributed by atoms with E-state index in [4.69, 9.17) is 0 Å². The van der Waals surface area contributed by atoms with Crippen molar-refractivity contribution in [1.29, 1.82) is 0 Å². The first-order valence-electron chi connectivity index (χ1n) is 9.46. The lowest BCUT2D eigenvalue weighted by molar-refractivity contribution is 0.0956. The zero-order chi connectivity index (χ0) is 20.2. The number of hydrogen-bond donors (Lipinski definition) is 2. The number of benzene rings is 3. The van der Waals surface area contributed by atoms with Gasteiger partial charge in [-0.15, -0.1) is 11.8 Å². The largest absolute Gasteiger partial charge is 0.354 e. The van der Waals surface area contributed by atoms with Gasteiger partial charge in [-0.1, -0.05) is 70.0 Å². The molecule has 0 radical (unpaired) electrons. The Morgan fingerprint density at radius 2 is 1.83 bits per heavy atom. The van der Waals surface area contributed by atoms with Crippen molar-refractivity contribution >= 4 is 44.5 Å². The van der Waals surface area contributed by atoms with Crippen LogP contribution >= 0.6 is 27.7 Å². The predicted octanol–water partition coefficient (Wildman–Crippen LogP) is 6.43. The highest BCUT2D eigenvalue weighted by atomic mass is 79.9. The van der Waals surface area contributed by atoms with E-state index in [2.05, 4.69) is 75.6 Å². The van der Waals surface area contributed by atoms with Crippen LogP contribution in [0.25, 0.3) is 22.2 Å². The molecule has 2 N–H and O–H groups in total. The van der Waals surface area contributed by atoms with Crippen LogP contribution in [0.5, 0.6) is 0 Å². The summed E-state index contributed by atoms with van der Waals surface area (Å²) in [6, 6.07) is 24.4. The van der Waals surface area contributed by atoms with Crippen molar-refractivity contribution in [2.75, 3.05) is 12.3 Å². The molecule has 0 unspecified atom stereocenters. The van der Waals surface area contributed by atoms with Gasteiger partial charge in [0, 0.05) is 38.1 Å². The first-order chi connectivity index (χ1) is 14.1. The maximum atomic E-state index is 12.3. The highest BCUT2D eigenvalue weighted by Gasteiger charge is 2.14. The lowest BCUT2D eigenvalue weighted by atomic mass is 10.1. The van der Waals surface area contributed by atoms with E-state index in [1.54, 1.807) is 11.8 Å². The minimum atomic E-state index is -0.0513. The van der Waals surface area contributed by atoms with Gasteiger partial charge in [0.2, 0.25) is 0 Å². The summed E-state index contributed by atoms with van der Waals surface area (Å²) in [6.45, 7) is 2.70. The number of H-pyrrole nitrogens is 1. The van der Waals surface area contributed by atoms with Crippen molar-refractivity contribution < 1.29 is 4.79 Å². The summed E-state index contributed by atoms with van der Waals surface area (Å²) < 4.78 is 0.904. The minimum Gasteiger partial charge on any atom is -0.354 e. The predicted molar refractivity (Wildman–Crippen MR) is 126 cm³/mol. The number of para-hydroxylation sites is 1. The molecule has 1 amide bonds. The summed E-state index contributed by atoms with van der Waals surface area (Å²) in [5, 5.41) is 4.23. The number of aromatic amines is 1. The second kappa shape index (κ2) is 8.89. The summed E-state index contributed by atoms with van der Waals surface area (Å²) in [5.74, 6) is 0.741. The second-order valence-electron chi connectivity index (χ2n) is 6.86. The molecule has 0 bridgehead atoms. The summed E-state index contributed by atoms with van der Waals surface area (Å²) >= 11 is 5.18. The van der Waals surface area contributed by atoms with Gasteiger partial charge in [-0.25, -0.2) is 0 Å². The van der Waals surface area contributed by atoms with Crippen molar-refractivity contribution in [3.63, 3.8) is 0 Å². The summed E-state index contributed by atoms with van der Waals surface area (Å²) in [6.07, 6.45) is 0. The van der Waals surface area contributed by atoms with Gasteiger partial charge in [-0.2, -0.15) is 0 Å². The number of amides is 1. The van der Waals surface area contributed by atoms with Crippen LogP contribution in [0.4, 0.5) is 0 Å². The maximum Gasteiger partial charge on any atom is 0.251 e. The number of aromatic nitrogens is 1. The van der Waals surface area contributed by atoms with Crippen molar-refractivity contribution in [3.05, 3.63) is 88.4 Å². The molecule has 0 aliphatic rings. The number of aryl methyl sites for hydroxylation is 1. The fraction of sp³-hybridized carbons (Fsp3) is 0.125. The molecule has 4 rings (SSSR count). The maximum absolute atomic E-state index is 12.3. The van der Waals surface area contributed by atoms with Crippen LogP contribution in [0.1, 0.15) is 15.9 Å². The van der Waals surface area contributed by atoms with Crippen molar-refractivity contribution in [2.45, 2.75) is 11.8 Å². The third-order valence-electron chi connectivity index (χ3n) is 4.72. The zero-order valence-electron chi connectivity index (χ0n) is 16.0. The summed E-state index contributed by atoms with van der Waals surface area (Å²) in [7, 11) is 0. The molecule has 0 saturated heterocycles. The first kappa shape index (κ1) is 19.8. The Morgan fingerprint density at radius 3 is 2.62 bits per heavy atom. The standard InChI is InChI=1S/C24H21BrN2OS/c1-16-9-11-17(12-10-16)22-23(20-7-2-3-8-21(20)27-22)29-14-13-26-24(28)18-5-4-6-19(25)15-18/h2-12,15,27H,13-14H2,1H3,(H,26,28). The van der Waals surface area contributed by atoms with Crippen LogP contribution in [0.3, 0.4) is 0 Å². The van der Waals surface area contributed by atoms with Gasteiger partial charge in [0.25, 0.3) is 5.91 Å². The number of carbonyl (C=O) groups excluding carboxylic acids is 1. The smallest absolute Gasteiger partial charge is 0.251 e. The van der Waals surface area contributed by atoms with Crippen molar-refractivity contribution in [2.24, 2.45) is 0 Å². The van der Waals surface area contributed by atoms with Crippen molar-refractivity contribution in [1.82, 2.24) is 10.3 Å². The van der Waals surface area contributed by atoms with Crippen LogP contribution in [0.15, 0.2) is 82.2 Å². The molecule has 1 aromatic heterocycles. The number of carbonyl (C=O) groups is 1. The number of nitrogens with one attached hydrogen (secondary N) is 2. The Hall–Kier alpha value is -2.50. The molecule has 1 heterocycles. The molecule has 146 valence electrons. The molecular formula is C24H21BrN2OS. The minimum absolute atomic E-state index is 0.0513. The number of fused-ring (bicyclic) bond motifs is 1. The molecule has 3 aromatic carbocycles. The van der Waals surface area contributed by atoms with Crippen LogP contribution < -0.4 is 5.32 Å². The summed E-state index contributed by atoms with van der Waals surface area (Å²) in [5.41, 5.74) is 5.34. The fourth-order valence-corrected chi connectivity index (χ4v) is 4.69. The molecule has 0 aliphatic heterocycles. The average Bonchev–Trinajstić information content (AvgIpc) is 3.10.